The lowest BCUT2D eigenvalue weighted by atomic mass is 10.2. The molecule has 5 nitrogen and oxygen atoms in total. The molecular weight excluding hydrogens is 395 g/mol. The molecule has 0 saturated heterocycles. The van der Waals surface area contributed by atoms with E-state index in [2.05, 4.69) is 5.32 Å². The highest BCUT2D eigenvalue weighted by molar-refractivity contribution is 7.67. The first-order valence-corrected chi connectivity index (χ1v) is 11.7. The summed E-state index contributed by atoms with van der Waals surface area (Å²) in [5, 5.41) is 4.11. The van der Waals surface area contributed by atoms with Crippen LogP contribution in [0.1, 0.15) is 18.3 Å². The van der Waals surface area contributed by atoms with E-state index in [9.17, 15) is 4.57 Å². The first-order valence-electron chi connectivity index (χ1n) is 9.96. The van der Waals surface area contributed by atoms with Crippen molar-refractivity contribution in [3.8, 4) is 5.75 Å². The average molecular weight is 424 g/mol. The SMILES string of the molecule is CCO[P@@](=O)(c1ccc(N(C)C)cc1)[C@H](Nc1ccccc1)c1ccccc1OC. The monoisotopic (exact) mass is 424 g/mol. The first kappa shape index (κ1) is 21.9. The standard InChI is InChI=1S/C24H29N2O3P/c1-5-29-30(27,21-17-15-20(16-18-21)26(2)3)24(25-19-11-7-6-8-12-19)22-13-9-10-14-23(22)28-4/h6-18,24-25H,5H2,1-4H3/t24-,30-/m0/s1. The Balaban J connectivity index is 2.15. The zero-order valence-corrected chi connectivity index (χ0v) is 18.8. The molecule has 158 valence electrons. The molecule has 0 heterocycles. The van der Waals surface area contributed by atoms with E-state index in [-0.39, 0.29) is 0 Å². The van der Waals surface area contributed by atoms with Gasteiger partial charge < -0.3 is 19.5 Å². The molecule has 30 heavy (non-hydrogen) atoms. The number of ether oxygens (including phenoxy) is 1. The highest BCUT2D eigenvalue weighted by Crippen LogP contribution is 2.60. The van der Waals surface area contributed by atoms with Crippen LogP contribution >= 0.6 is 7.37 Å². The van der Waals surface area contributed by atoms with Crippen molar-refractivity contribution in [1.29, 1.82) is 0 Å². The number of hydrogen-bond acceptors (Lipinski definition) is 5. The first-order chi connectivity index (χ1) is 14.5. The summed E-state index contributed by atoms with van der Waals surface area (Å²) >= 11 is 0. The van der Waals surface area contributed by atoms with Gasteiger partial charge in [0.05, 0.1) is 13.7 Å². The van der Waals surface area contributed by atoms with Crippen molar-refractivity contribution in [3.05, 3.63) is 84.4 Å². The van der Waals surface area contributed by atoms with Crippen molar-refractivity contribution >= 4 is 24.0 Å². The van der Waals surface area contributed by atoms with Gasteiger partial charge in [-0.2, -0.15) is 0 Å². The van der Waals surface area contributed by atoms with E-state index in [1.165, 1.54) is 0 Å². The van der Waals surface area contributed by atoms with Crippen LogP contribution in [0.15, 0.2) is 78.9 Å². The summed E-state index contributed by atoms with van der Waals surface area (Å²) in [5.41, 5.74) is 2.68. The molecule has 0 spiro atoms. The molecule has 1 N–H and O–H groups in total. The summed E-state index contributed by atoms with van der Waals surface area (Å²) in [6, 6.07) is 25.1. The molecule has 0 aliphatic rings. The quantitative estimate of drug-likeness (QED) is 0.459. The summed E-state index contributed by atoms with van der Waals surface area (Å²) in [4.78, 5) is 2.01. The Labute approximate surface area is 179 Å². The van der Waals surface area contributed by atoms with Gasteiger partial charge in [0.25, 0.3) is 7.37 Å². The Bertz CT molecular complexity index is 991. The number of para-hydroxylation sites is 2. The van der Waals surface area contributed by atoms with Gasteiger partial charge in [-0.1, -0.05) is 36.4 Å². The molecule has 3 aromatic carbocycles. The van der Waals surface area contributed by atoms with Crippen LogP contribution in [0.5, 0.6) is 5.75 Å². The van der Waals surface area contributed by atoms with Gasteiger partial charge in [-0.3, -0.25) is 4.57 Å². The van der Waals surface area contributed by atoms with Gasteiger partial charge in [0, 0.05) is 36.3 Å². The molecule has 0 aromatic heterocycles. The van der Waals surface area contributed by atoms with Crippen LogP contribution in [-0.2, 0) is 9.09 Å². The van der Waals surface area contributed by atoms with E-state index >= 15 is 0 Å². The van der Waals surface area contributed by atoms with Crippen LogP contribution < -0.4 is 20.3 Å². The minimum atomic E-state index is -3.37. The molecule has 0 aliphatic heterocycles. The van der Waals surface area contributed by atoms with Crippen molar-refractivity contribution in [1.82, 2.24) is 0 Å². The summed E-state index contributed by atoms with van der Waals surface area (Å²) in [7, 11) is 2.21. The number of nitrogens with one attached hydrogen (secondary N) is 1. The fourth-order valence-electron chi connectivity index (χ4n) is 3.38. The maximum atomic E-state index is 14.5. The fraction of sp³-hybridized carbons (Fsp3) is 0.250. The molecule has 0 saturated carbocycles. The van der Waals surface area contributed by atoms with Gasteiger partial charge in [0.15, 0.2) is 0 Å². The molecule has 6 heteroatoms. The predicted molar refractivity (Wildman–Crippen MR) is 125 cm³/mol. The van der Waals surface area contributed by atoms with Gasteiger partial charge >= 0.3 is 0 Å². The number of methoxy groups -OCH3 is 1. The fourth-order valence-corrected chi connectivity index (χ4v) is 5.82. The van der Waals surface area contributed by atoms with E-state index in [1.807, 2.05) is 105 Å². The lowest BCUT2D eigenvalue weighted by Gasteiger charge is -2.30. The number of rotatable bonds is 9. The smallest absolute Gasteiger partial charge is 0.258 e. The van der Waals surface area contributed by atoms with Crippen molar-refractivity contribution in [2.24, 2.45) is 0 Å². The number of anilines is 2. The van der Waals surface area contributed by atoms with Gasteiger partial charge in [-0.15, -0.1) is 0 Å². The third kappa shape index (κ3) is 4.69. The zero-order valence-electron chi connectivity index (χ0n) is 17.9. The molecular formula is C24H29N2O3P. The van der Waals surface area contributed by atoms with Crippen LogP contribution in [0.25, 0.3) is 0 Å². The molecule has 3 rings (SSSR count). The molecule has 0 amide bonds. The lowest BCUT2D eigenvalue weighted by Crippen LogP contribution is -2.21. The maximum absolute atomic E-state index is 14.5. The maximum Gasteiger partial charge on any atom is 0.258 e. The molecule has 0 bridgehead atoms. The average Bonchev–Trinajstić information content (AvgIpc) is 2.78. The summed E-state index contributed by atoms with van der Waals surface area (Å²) in [5.74, 6) is 0.0528. The normalized spacial score (nSPS) is 13.9. The molecule has 3 aromatic rings. The number of hydrogen-bond donors (Lipinski definition) is 1. The second-order valence-corrected chi connectivity index (χ2v) is 9.57. The molecule has 0 radical (unpaired) electrons. The van der Waals surface area contributed by atoms with E-state index in [4.69, 9.17) is 9.26 Å². The highest BCUT2D eigenvalue weighted by atomic mass is 31.2. The minimum Gasteiger partial charge on any atom is -0.496 e. The molecule has 0 aliphatic carbocycles. The van der Waals surface area contributed by atoms with Crippen LogP contribution in [0.4, 0.5) is 11.4 Å². The summed E-state index contributed by atoms with van der Waals surface area (Å²) in [6.07, 6.45) is 0. The van der Waals surface area contributed by atoms with Gasteiger partial charge in [-0.05, 0) is 49.4 Å². The Kier molecular flexibility index (Phi) is 7.20. The predicted octanol–water partition coefficient (Wildman–Crippen LogP) is 5.51. The van der Waals surface area contributed by atoms with Gasteiger partial charge in [0.2, 0.25) is 0 Å². The molecule has 2 atom stereocenters. The van der Waals surface area contributed by atoms with Gasteiger partial charge in [0.1, 0.15) is 11.5 Å². The molecule has 0 fully saturated rings. The van der Waals surface area contributed by atoms with E-state index < -0.39 is 13.2 Å². The van der Waals surface area contributed by atoms with Crippen LogP contribution in [-0.4, -0.2) is 27.8 Å². The summed E-state index contributed by atoms with van der Waals surface area (Å²) in [6.45, 7) is 2.19. The van der Waals surface area contributed by atoms with Crippen molar-refractivity contribution < 1.29 is 13.8 Å². The van der Waals surface area contributed by atoms with Crippen molar-refractivity contribution in [2.45, 2.75) is 12.7 Å². The lowest BCUT2D eigenvalue weighted by molar-refractivity contribution is 0.334. The topological polar surface area (TPSA) is 50.8 Å². The Morgan fingerprint density at radius 2 is 1.57 bits per heavy atom. The highest BCUT2D eigenvalue weighted by Gasteiger charge is 2.39. The van der Waals surface area contributed by atoms with Crippen LogP contribution in [0.2, 0.25) is 0 Å². The Hall–Kier alpha value is -2.75. The third-order valence-corrected chi connectivity index (χ3v) is 7.64. The zero-order chi connectivity index (χ0) is 21.6. The number of nitrogens with zero attached hydrogens (tertiary/aromatic N) is 1. The van der Waals surface area contributed by atoms with E-state index in [0.29, 0.717) is 17.7 Å². The second kappa shape index (κ2) is 9.84. The Morgan fingerprint density at radius 1 is 0.933 bits per heavy atom. The summed E-state index contributed by atoms with van der Waals surface area (Å²) < 4.78 is 26.1. The van der Waals surface area contributed by atoms with Crippen LogP contribution in [0, 0.1) is 0 Å². The minimum absolute atomic E-state index is 0.328. The van der Waals surface area contributed by atoms with E-state index in [1.54, 1.807) is 7.11 Å². The van der Waals surface area contributed by atoms with Crippen molar-refractivity contribution in [2.75, 3.05) is 38.0 Å². The largest absolute Gasteiger partial charge is 0.496 e. The van der Waals surface area contributed by atoms with Crippen LogP contribution in [0.3, 0.4) is 0 Å². The van der Waals surface area contributed by atoms with Crippen molar-refractivity contribution in [3.63, 3.8) is 0 Å². The van der Waals surface area contributed by atoms with E-state index in [0.717, 1.165) is 16.9 Å². The Morgan fingerprint density at radius 3 is 2.17 bits per heavy atom. The second-order valence-electron chi connectivity index (χ2n) is 7.08. The van der Waals surface area contributed by atoms with Gasteiger partial charge in [-0.25, -0.2) is 0 Å². The third-order valence-electron chi connectivity index (χ3n) is 4.90. The number of benzene rings is 3. The molecule has 0 unspecified atom stereocenters.